The second-order valence-corrected chi connectivity index (χ2v) is 4.28. The summed E-state index contributed by atoms with van der Waals surface area (Å²) in [6.07, 6.45) is 0. The highest BCUT2D eigenvalue weighted by Gasteiger charge is 2.02. The number of para-hydroxylation sites is 1. The van der Waals surface area contributed by atoms with Crippen LogP contribution in [0.25, 0.3) is 0 Å². The predicted octanol–water partition coefficient (Wildman–Crippen LogP) is 2.24. The maximum atomic E-state index is 13.2. The topological polar surface area (TPSA) is 70.6 Å². The highest BCUT2D eigenvalue weighted by atomic mass is 19.1. The maximum absolute atomic E-state index is 13.2. The number of rotatable bonds is 4. The number of aliphatic hydroxyl groups is 1. The molecule has 0 radical (unpaired) electrons. The lowest BCUT2D eigenvalue weighted by Gasteiger charge is -2.06. The third-order valence-electron chi connectivity index (χ3n) is 2.76. The first-order valence-corrected chi connectivity index (χ1v) is 6.19. The largest absolute Gasteiger partial charge is 0.392 e. The van der Waals surface area contributed by atoms with E-state index in [-0.39, 0.29) is 18.1 Å². The summed E-state index contributed by atoms with van der Waals surface area (Å²) in [5.41, 5.74) is 7.66. The maximum Gasteiger partial charge on any atom is 0.193 e. The van der Waals surface area contributed by atoms with Crippen LogP contribution in [0.15, 0.2) is 53.5 Å². The number of aliphatic imine (C=N–C) groups is 1. The first-order valence-electron chi connectivity index (χ1n) is 6.19. The molecule has 0 saturated carbocycles. The Kier molecular flexibility index (Phi) is 4.68. The summed E-state index contributed by atoms with van der Waals surface area (Å²) in [4.78, 5) is 4.17. The van der Waals surface area contributed by atoms with E-state index < -0.39 is 5.82 Å². The Balaban J connectivity index is 2.01. The van der Waals surface area contributed by atoms with Crippen LogP contribution in [-0.2, 0) is 13.2 Å². The summed E-state index contributed by atoms with van der Waals surface area (Å²) in [6.45, 7) is -0.0138. The number of hydrogen-bond donors (Lipinski definition) is 3. The van der Waals surface area contributed by atoms with E-state index in [0.29, 0.717) is 6.54 Å². The molecule has 0 bridgehead atoms. The quantitative estimate of drug-likeness (QED) is 0.591. The summed E-state index contributed by atoms with van der Waals surface area (Å²) in [6, 6.07) is 14.0. The number of benzene rings is 2. The number of nitrogens with zero attached hydrogens (tertiary/aromatic N) is 1. The normalized spacial score (nSPS) is 11.4. The minimum atomic E-state index is -0.421. The van der Waals surface area contributed by atoms with E-state index in [0.717, 1.165) is 11.3 Å². The summed E-state index contributed by atoms with van der Waals surface area (Å²) in [5.74, 6) is -0.137. The summed E-state index contributed by atoms with van der Waals surface area (Å²) in [7, 11) is 0. The molecule has 2 aromatic carbocycles. The zero-order valence-electron chi connectivity index (χ0n) is 10.9. The Morgan fingerprint density at radius 1 is 1.20 bits per heavy atom. The standard InChI is InChI=1S/C15H16FN3O/c16-14-7-6-11(8-12(14)10-20)9-18-15(17)19-13-4-2-1-3-5-13/h1-8,20H,9-10H2,(H3,17,18,19). The highest BCUT2D eigenvalue weighted by Crippen LogP contribution is 2.11. The van der Waals surface area contributed by atoms with Crippen molar-refractivity contribution in [2.45, 2.75) is 13.2 Å². The van der Waals surface area contributed by atoms with Crippen LogP contribution in [-0.4, -0.2) is 11.1 Å². The van der Waals surface area contributed by atoms with Gasteiger partial charge in [-0.1, -0.05) is 24.3 Å². The monoisotopic (exact) mass is 273 g/mol. The van der Waals surface area contributed by atoms with Crippen LogP contribution in [0.2, 0.25) is 0 Å². The van der Waals surface area contributed by atoms with Gasteiger partial charge in [0.05, 0.1) is 13.2 Å². The molecule has 104 valence electrons. The molecule has 0 aliphatic rings. The van der Waals surface area contributed by atoms with Gasteiger partial charge < -0.3 is 16.2 Å². The van der Waals surface area contributed by atoms with E-state index in [2.05, 4.69) is 10.3 Å². The lowest BCUT2D eigenvalue weighted by Crippen LogP contribution is -2.22. The number of nitrogens with two attached hydrogens (primary N) is 1. The zero-order chi connectivity index (χ0) is 14.4. The first-order chi connectivity index (χ1) is 9.69. The van der Waals surface area contributed by atoms with Gasteiger partial charge in [0.2, 0.25) is 0 Å². The fraction of sp³-hybridized carbons (Fsp3) is 0.133. The number of nitrogens with one attached hydrogen (secondary N) is 1. The molecular formula is C15H16FN3O. The van der Waals surface area contributed by atoms with Crippen LogP contribution in [0.4, 0.5) is 10.1 Å². The molecular weight excluding hydrogens is 257 g/mol. The van der Waals surface area contributed by atoms with Gasteiger partial charge in [0.25, 0.3) is 0 Å². The Labute approximate surface area is 116 Å². The highest BCUT2D eigenvalue weighted by molar-refractivity contribution is 5.92. The van der Waals surface area contributed by atoms with Crippen LogP contribution < -0.4 is 11.1 Å². The molecule has 5 heteroatoms. The molecule has 4 N–H and O–H groups in total. The van der Waals surface area contributed by atoms with Crippen molar-refractivity contribution in [1.82, 2.24) is 0 Å². The molecule has 0 aromatic heterocycles. The molecule has 0 saturated heterocycles. The minimum absolute atomic E-state index is 0.257. The van der Waals surface area contributed by atoms with E-state index >= 15 is 0 Å². The summed E-state index contributed by atoms with van der Waals surface area (Å²) >= 11 is 0. The van der Waals surface area contributed by atoms with Gasteiger partial charge in [-0.2, -0.15) is 0 Å². The van der Waals surface area contributed by atoms with Crippen molar-refractivity contribution in [2.24, 2.45) is 10.7 Å². The minimum Gasteiger partial charge on any atom is -0.392 e. The lowest BCUT2D eigenvalue weighted by molar-refractivity contribution is 0.275. The Bertz CT molecular complexity index is 599. The average Bonchev–Trinajstić information content (AvgIpc) is 2.47. The van der Waals surface area contributed by atoms with Crippen molar-refractivity contribution in [1.29, 1.82) is 0 Å². The third kappa shape index (κ3) is 3.80. The van der Waals surface area contributed by atoms with Crippen molar-refractivity contribution in [3.63, 3.8) is 0 Å². The van der Waals surface area contributed by atoms with Crippen molar-refractivity contribution in [3.05, 3.63) is 65.5 Å². The number of guanidine groups is 1. The Morgan fingerprint density at radius 2 is 1.95 bits per heavy atom. The third-order valence-corrected chi connectivity index (χ3v) is 2.76. The van der Waals surface area contributed by atoms with Crippen molar-refractivity contribution in [3.8, 4) is 0 Å². The Hall–Kier alpha value is -2.40. The molecule has 0 unspecified atom stereocenters. The lowest BCUT2D eigenvalue weighted by atomic mass is 10.1. The smallest absolute Gasteiger partial charge is 0.193 e. The molecule has 4 nitrogen and oxygen atoms in total. The van der Waals surface area contributed by atoms with Gasteiger partial charge in [0.1, 0.15) is 5.82 Å². The molecule has 0 aliphatic heterocycles. The van der Waals surface area contributed by atoms with Crippen LogP contribution in [0, 0.1) is 5.82 Å². The van der Waals surface area contributed by atoms with E-state index in [1.165, 1.54) is 6.07 Å². The van der Waals surface area contributed by atoms with Gasteiger partial charge >= 0.3 is 0 Å². The SMILES string of the molecule is NC(=NCc1ccc(F)c(CO)c1)Nc1ccccc1. The number of aliphatic hydroxyl groups excluding tert-OH is 1. The summed E-state index contributed by atoms with van der Waals surface area (Å²) in [5, 5.41) is 12.0. The van der Waals surface area contributed by atoms with E-state index in [4.69, 9.17) is 10.8 Å². The molecule has 0 aliphatic carbocycles. The van der Waals surface area contributed by atoms with Gasteiger partial charge in [0, 0.05) is 11.3 Å². The van der Waals surface area contributed by atoms with Crippen LogP contribution >= 0.6 is 0 Å². The number of hydrogen-bond acceptors (Lipinski definition) is 2. The molecule has 2 rings (SSSR count). The zero-order valence-corrected chi connectivity index (χ0v) is 10.9. The van der Waals surface area contributed by atoms with Crippen LogP contribution in [0.1, 0.15) is 11.1 Å². The van der Waals surface area contributed by atoms with Gasteiger partial charge in [-0.25, -0.2) is 9.38 Å². The molecule has 0 spiro atoms. The predicted molar refractivity (Wildman–Crippen MR) is 77.7 cm³/mol. The van der Waals surface area contributed by atoms with Crippen LogP contribution in [0.5, 0.6) is 0 Å². The summed E-state index contributed by atoms with van der Waals surface area (Å²) < 4.78 is 13.2. The second kappa shape index (κ2) is 6.68. The molecule has 0 amide bonds. The van der Waals surface area contributed by atoms with Crippen molar-refractivity contribution >= 4 is 11.6 Å². The van der Waals surface area contributed by atoms with E-state index in [1.54, 1.807) is 12.1 Å². The molecule has 0 atom stereocenters. The first kappa shape index (κ1) is 14.0. The fourth-order valence-corrected chi connectivity index (χ4v) is 1.73. The van der Waals surface area contributed by atoms with E-state index in [9.17, 15) is 4.39 Å². The van der Waals surface area contributed by atoms with Gasteiger partial charge in [-0.05, 0) is 29.8 Å². The Morgan fingerprint density at radius 3 is 2.65 bits per heavy atom. The van der Waals surface area contributed by atoms with E-state index in [1.807, 2.05) is 30.3 Å². The van der Waals surface area contributed by atoms with Gasteiger partial charge in [-0.15, -0.1) is 0 Å². The fourth-order valence-electron chi connectivity index (χ4n) is 1.73. The molecule has 20 heavy (non-hydrogen) atoms. The number of halogens is 1. The van der Waals surface area contributed by atoms with Gasteiger partial charge in [0.15, 0.2) is 5.96 Å². The van der Waals surface area contributed by atoms with Crippen molar-refractivity contribution < 1.29 is 9.50 Å². The number of anilines is 1. The molecule has 0 heterocycles. The second-order valence-electron chi connectivity index (χ2n) is 4.28. The average molecular weight is 273 g/mol. The van der Waals surface area contributed by atoms with Gasteiger partial charge in [-0.3, -0.25) is 0 Å². The molecule has 2 aromatic rings. The van der Waals surface area contributed by atoms with Crippen molar-refractivity contribution in [2.75, 3.05) is 5.32 Å². The molecule has 0 fully saturated rings. The van der Waals surface area contributed by atoms with Crippen LogP contribution in [0.3, 0.4) is 0 Å².